The van der Waals surface area contributed by atoms with Crippen LogP contribution < -0.4 is 14.9 Å². The molecule has 3 aromatic rings. The van der Waals surface area contributed by atoms with E-state index in [4.69, 9.17) is 21.1 Å². The summed E-state index contributed by atoms with van der Waals surface area (Å²) in [4.78, 5) is 22.3. The second-order valence-electron chi connectivity index (χ2n) is 6.29. The number of hydrogen-bond donors (Lipinski definition) is 1. The topological polar surface area (TPSA) is 103 Å². The highest BCUT2D eigenvalue weighted by Crippen LogP contribution is 2.25. The number of nitro benzene ring substituents is 1. The Morgan fingerprint density at radius 3 is 2.61 bits per heavy atom. The van der Waals surface area contributed by atoms with Gasteiger partial charge in [-0.1, -0.05) is 48.0 Å². The van der Waals surface area contributed by atoms with Gasteiger partial charge in [0.2, 0.25) is 0 Å². The second kappa shape index (κ2) is 10.7. The molecule has 3 rings (SSSR count). The van der Waals surface area contributed by atoms with Crippen LogP contribution in [0.2, 0.25) is 5.02 Å². The first-order chi connectivity index (χ1) is 15.0. The van der Waals surface area contributed by atoms with Gasteiger partial charge in [-0.3, -0.25) is 14.9 Å². The molecule has 0 fully saturated rings. The quantitative estimate of drug-likeness (QED) is 0.303. The molecule has 0 spiro atoms. The predicted octanol–water partition coefficient (Wildman–Crippen LogP) is 4.36. The first-order valence-electron chi connectivity index (χ1n) is 9.17. The molecule has 0 atom stereocenters. The monoisotopic (exact) mass is 439 g/mol. The zero-order chi connectivity index (χ0) is 22.1. The number of halogens is 1. The molecule has 9 heteroatoms. The first kappa shape index (κ1) is 21.8. The molecule has 31 heavy (non-hydrogen) atoms. The SMILES string of the molecule is O=C(COc1ccccc1[N+](=O)[O-])N/N=C\c1cccc(OCc2ccc(Cl)cc2)c1. The van der Waals surface area contributed by atoms with Crippen LogP contribution in [0.1, 0.15) is 11.1 Å². The van der Waals surface area contributed by atoms with Crippen molar-refractivity contribution in [1.82, 2.24) is 5.43 Å². The molecule has 1 amide bonds. The molecular weight excluding hydrogens is 422 g/mol. The van der Waals surface area contributed by atoms with Gasteiger partial charge in [0.1, 0.15) is 12.4 Å². The van der Waals surface area contributed by atoms with Gasteiger partial charge in [0, 0.05) is 11.1 Å². The number of hydrogen-bond acceptors (Lipinski definition) is 6. The molecule has 0 aliphatic heterocycles. The lowest BCUT2D eigenvalue weighted by Crippen LogP contribution is -2.24. The van der Waals surface area contributed by atoms with E-state index in [1.165, 1.54) is 24.4 Å². The number of carbonyl (C=O) groups excluding carboxylic acids is 1. The van der Waals surface area contributed by atoms with Crippen molar-refractivity contribution in [1.29, 1.82) is 0 Å². The van der Waals surface area contributed by atoms with Gasteiger partial charge in [0.05, 0.1) is 11.1 Å². The minimum atomic E-state index is -0.576. The average Bonchev–Trinajstić information content (AvgIpc) is 2.78. The maximum atomic E-state index is 11.9. The van der Waals surface area contributed by atoms with Crippen LogP contribution in [0.15, 0.2) is 77.9 Å². The van der Waals surface area contributed by atoms with E-state index in [9.17, 15) is 14.9 Å². The molecule has 0 aliphatic carbocycles. The van der Waals surface area contributed by atoms with Crippen molar-refractivity contribution >= 4 is 29.4 Å². The summed E-state index contributed by atoms with van der Waals surface area (Å²) in [6.07, 6.45) is 1.46. The van der Waals surface area contributed by atoms with Crippen LogP contribution in [0.4, 0.5) is 5.69 Å². The van der Waals surface area contributed by atoms with Crippen LogP contribution in [0.3, 0.4) is 0 Å². The van der Waals surface area contributed by atoms with Gasteiger partial charge in [-0.25, -0.2) is 5.43 Å². The zero-order valence-corrected chi connectivity index (χ0v) is 17.0. The Morgan fingerprint density at radius 1 is 1.06 bits per heavy atom. The zero-order valence-electron chi connectivity index (χ0n) is 16.2. The highest BCUT2D eigenvalue weighted by Gasteiger charge is 2.14. The fourth-order valence-corrected chi connectivity index (χ4v) is 2.64. The number of benzene rings is 3. The van der Waals surface area contributed by atoms with Gasteiger partial charge in [-0.15, -0.1) is 0 Å². The number of nitrogens with one attached hydrogen (secondary N) is 1. The summed E-state index contributed by atoms with van der Waals surface area (Å²) >= 11 is 5.87. The van der Waals surface area contributed by atoms with Crippen molar-refractivity contribution in [3.05, 3.63) is 99.1 Å². The van der Waals surface area contributed by atoms with Crippen LogP contribution in [-0.4, -0.2) is 23.7 Å². The largest absolute Gasteiger partial charge is 0.489 e. The number of amides is 1. The molecule has 1 N–H and O–H groups in total. The molecule has 0 saturated heterocycles. The van der Waals surface area contributed by atoms with Crippen molar-refractivity contribution in [3.8, 4) is 11.5 Å². The maximum Gasteiger partial charge on any atom is 0.310 e. The third kappa shape index (κ3) is 6.83. The fraction of sp³-hybridized carbons (Fsp3) is 0.0909. The molecule has 0 radical (unpaired) electrons. The summed E-state index contributed by atoms with van der Waals surface area (Å²) in [6, 6.07) is 20.4. The average molecular weight is 440 g/mol. The Kier molecular flexibility index (Phi) is 7.56. The minimum Gasteiger partial charge on any atom is -0.489 e. The van der Waals surface area contributed by atoms with E-state index in [-0.39, 0.29) is 11.4 Å². The Morgan fingerprint density at radius 2 is 1.84 bits per heavy atom. The minimum absolute atomic E-state index is 0.0113. The number of carbonyl (C=O) groups is 1. The van der Waals surface area contributed by atoms with Gasteiger partial charge >= 0.3 is 5.69 Å². The third-order valence-electron chi connectivity index (χ3n) is 4.00. The number of nitrogens with zero attached hydrogens (tertiary/aromatic N) is 2. The lowest BCUT2D eigenvalue weighted by Gasteiger charge is -2.07. The number of para-hydroxylation sites is 2. The van der Waals surface area contributed by atoms with Crippen molar-refractivity contribution in [3.63, 3.8) is 0 Å². The van der Waals surface area contributed by atoms with Crippen molar-refractivity contribution in [2.45, 2.75) is 6.61 Å². The normalized spacial score (nSPS) is 10.6. The Bertz CT molecular complexity index is 1090. The lowest BCUT2D eigenvalue weighted by molar-refractivity contribution is -0.385. The predicted molar refractivity (Wildman–Crippen MR) is 117 cm³/mol. The third-order valence-corrected chi connectivity index (χ3v) is 4.25. The number of nitro groups is 1. The van der Waals surface area contributed by atoms with Gasteiger partial charge in [0.25, 0.3) is 5.91 Å². The highest BCUT2D eigenvalue weighted by atomic mass is 35.5. The summed E-state index contributed by atoms with van der Waals surface area (Å²) in [5, 5.41) is 15.5. The van der Waals surface area contributed by atoms with Gasteiger partial charge in [-0.2, -0.15) is 5.10 Å². The number of rotatable bonds is 9. The molecular formula is C22H18ClN3O5. The molecule has 8 nitrogen and oxygen atoms in total. The van der Waals surface area contributed by atoms with E-state index < -0.39 is 17.4 Å². The standard InChI is InChI=1S/C22H18ClN3O5/c23-18-10-8-16(9-11-18)14-30-19-5-3-4-17(12-19)13-24-25-22(27)15-31-21-7-2-1-6-20(21)26(28)29/h1-13H,14-15H2,(H,25,27)/b24-13-. The lowest BCUT2D eigenvalue weighted by atomic mass is 10.2. The summed E-state index contributed by atoms with van der Waals surface area (Å²) in [6.45, 7) is -0.0239. The van der Waals surface area contributed by atoms with Crippen LogP contribution in [-0.2, 0) is 11.4 Å². The van der Waals surface area contributed by atoms with E-state index >= 15 is 0 Å². The molecule has 0 bridgehead atoms. The molecule has 0 unspecified atom stereocenters. The number of ether oxygens (including phenoxy) is 2. The smallest absolute Gasteiger partial charge is 0.310 e. The summed E-state index contributed by atoms with van der Waals surface area (Å²) in [7, 11) is 0. The van der Waals surface area contributed by atoms with Crippen LogP contribution in [0.25, 0.3) is 0 Å². The highest BCUT2D eigenvalue weighted by molar-refractivity contribution is 6.30. The Balaban J connectivity index is 1.49. The molecule has 3 aromatic carbocycles. The van der Waals surface area contributed by atoms with E-state index in [0.29, 0.717) is 22.9 Å². The molecule has 0 aromatic heterocycles. The van der Waals surface area contributed by atoms with Crippen molar-refractivity contribution in [2.24, 2.45) is 5.10 Å². The summed E-state index contributed by atoms with van der Waals surface area (Å²) in [5.74, 6) is 0.103. The molecule has 0 saturated carbocycles. The van der Waals surface area contributed by atoms with Crippen LogP contribution >= 0.6 is 11.6 Å². The van der Waals surface area contributed by atoms with Gasteiger partial charge in [0.15, 0.2) is 12.4 Å². The Labute approximate surface area is 183 Å². The number of hydrazone groups is 1. The molecule has 0 heterocycles. The fourth-order valence-electron chi connectivity index (χ4n) is 2.52. The van der Waals surface area contributed by atoms with Crippen molar-refractivity contribution in [2.75, 3.05) is 6.61 Å². The van der Waals surface area contributed by atoms with Crippen LogP contribution in [0.5, 0.6) is 11.5 Å². The second-order valence-corrected chi connectivity index (χ2v) is 6.73. The van der Waals surface area contributed by atoms with Crippen LogP contribution in [0, 0.1) is 10.1 Å². The summed E-state index contributed by atoms with van der Waals surface area (Å²) in [5.41, 5.74) is 3.80. The van der Waals surface area contributed by atoms with Crippen molar-refractivity contribution < 1.29 is 19.2 Å². The summed E-state index contributed by atoms with van der Waals surface area (Å²) < 4.78 is 11.0. The van der Waals surface area contributed by atoms with E-state index in [0.717, 1.165) is 5.56 Å². The van der Waals surface area contributed by atoms with Gasteiger partial charge < -0.3 is 9.47 Å². The van der Waals surface area contributed by atoms with E-state index in [1.54, 1.807) is 36.4 Å². The first-order valence-corrected chi connectivity index (χ1v) is 9.54. The van der Waals surface area contributed by atoms with Gasteiger partial charge in [-0.05, 0) is 41.5 Å². The molecule has 158 valence electrons. The maximum absolute atomic E-state index is 11.9. The molecule has 0 aliphatic rings. The van der Waals surface area contributed by atoms with E-state index in [2.05, 4.69) is 10.5 Å². The van der Waals surface area contributed by atoms with E-state index in [1.807, 2.05) is 18.2 Å². The Hall–Kier alpha value is -3.91.